The standard InChI is InChI=1S/C30H42N4O6/c1-5-20(4)27(28(36)34-26(19(2)3)29(37)38)33-25(35)17-24(23(31)16-21-12-8-6-9-13-21)32-30(39)40-18-22-14-10-7-11-15-22/h6-15,19-20,23-24,26-27H,5,16-18,31H2,1-4H3,(H,32,39)(H,33,35)(H,34,36)(H,37,38)/t20-,23-,24-,26-,27-/m0/s1. The van der Waals surface area contributed by atoms with Gasteiger partial charge in [-0.3, -0.25) is 9.59 Å². The summed E-state index contributed by atoms with van der Waals surface area (Å²) >= 11 is 0. The minimum absolute atomic E-state index is 0.0520. The zero-order valence-electron chi connectivity index (χ0n) is 23.6. The number of carbonyl (C=O) groups is 4. The highest BCUT2D eigenvalue weighted by Gasteiger charge is 2.32. The van der Waals surface area contributed by atoms with Crippen LogP contribution in [-0.4, -0.2) is 53.2 Å². The fourth-order valence-corrected chi connectivity index (χ4v) is 4.14. The van der Waals surface area contributed by atoms with Gasteiger partial charge in [0.1, 0.15) is 18.7 Å². The molecule has 5 atom stereocenters. The summed E-state index contributed by atoms with van der Waals surface area (Å²) in [6.07, 6.45) is 0.0319. The first-order valence-electron chi connectivity index (χ1n) is 13.6. The molecule has 40 heavy (non-hydrogen) atoms. The minimum atomic E-state index is -1.15. The number of ether oxygens (including phenoxy) is 1. The Kier molecular flexibility index (Phi) is 13.1. The van der Waals surface area contributed by atoms with Crippen molar-refractivity contribution in [2.24, 2.45) is 17.6 Å². The summed E-state index contributed by atoms with van der Waals surface area (Å²) in [6, 6.07) is 15.1. The molecule has 0 aromatic heterocycles. The van der Waals surface area contributed by atoms with E-state index in [-0.39, 0.29) is 24.9 Å². The van der Waals surface area contributed by atoms with Crippen molar-refractivity contribution in [3.8, 4) is 0 Å². The molecule has 2 aromatic rings. The van der Waals surface area contributed by atoms with Gasteiger partial charge in [0.2, 0.25) is 11.8 Å². The Labute approximate surface area is 236 Å². The van der Waals surface area contributed by atoms with Crippen molar-refractivity contribution in [3.63, 3.8) is 0 Å². The van der Waals surface area contributed by atoms with Gasteiger partial charge in [-0.2, -0.15) is 0 Å². The van der Waals surface area contributed by atoms with Gasteiger partial charge in [-0.15, -0.1) is 0 Å². The summed E-state index contributed by atoms with van der Waals surface area (Å²) in [6.45, 7) is 7.11. The molecule has 10 nitrogen and oxygen atoms in total. The fourth-order valence-electron chi connectivity index (χ4n) is 4.14. The van der Waals surface area contributed by atoms with E-state index in [0.29, 0.717) is 12.8 Å². The molecule has 2 rings (SSSR count). The monoisotopic (exact) mass is 554 g/mol. The van der Waals surface area contributed by atoms with Crippen molar-refractivity contribution in [1.82, 2.24) is 16.0 Å². The van der Waals surface area contributed by atoms with E-state index in [1.807, 2.05) is 67.6 Å². The van der Waals surface area contributed by atoms with Crippen molar-refractivity contribution in [2.45, 2.75) is 77.7 Å². The first-order chi connectivity index (χ1) is 19.0. The lowest BCUT2D eigenvalue weighted by atomic mass is 9.95. The van der Waals surface area contributed by atoms with Crippen molar-refractivity contribution < 1.29 is 29.0 Å². The van der Waals surface area contributed by atoms with Crippen molar-refractivity contribution >= 4 is 23.9 Å². The van der Waals surface area contributed by atoms with Gasteiger partial charge in [0.25, 0.3) is 0 Å². The third-order valence-corrected chi connectivity index (χ3v) is 6.79. The van der Waals surface area contributed by atoms with E-state index in [0.717, 1.165) is 11.1 Å². The van der Waals surface area contributed by atoms with Gasteiger partial charge in [-0.1, -0.05) is 94.8 Å². The number of benzene rings is 2. The summed E-state index contributed by atoms with van der Waals surface area (Å²) in [4.78, 5) is 50.5. The number of alkyl carbamates (subject to hydrolysis) is 1. The summed E-state index contributed by atoms with van der Waals surface area (Å²) in [7, 11) is 0. The molecule has 0 spiro atoms. The van der Waals surface area contributed by atoms with Crippen LogP contribution in [0.15, 0.2) is 60.7 Å². The normalized spacial score (nSPS) is 14.8. The van der Waals surface area contributed by atoms with Gasteiger partial charge >= 0.3 is 12.1 Å². The van der Waals surface area contributed by atoms with Gasteiger partial charge < -0.3 is 31.5 Å². The predicted molar refractivity (Wildman–Crippen MR) is 152 cm³/mol. The molecular formula is C30H42N4O6. The largest absolute Gasteiger partial charge is 0.480 e. The lowest BCUT2D eigenvalue weighted by Gasteiger charge is -2.28. The molecule has 0 saturated carbocycles. The molecule has 0 radical (unpaired) electrons. The molecule has 0 unspecified atom stereocenters. The molecule has 0 fully saturated rings. The van der Waals surface area contributed by atoms with Crippen molar-refractivity contribution in [1.29, 1.82) is 0 Å². The molecule has 0 saturated heterocycles. The Balaban J connectivity index is 2.14. The Morgan fingerprint density at radius 3 is 1.95 bits per heavy atom. The van der Waals surface area contributed by atoms with Crippen LogP contribution in [0.25, 0.3) is 0 Å². The number of carboxylic acids is 1. The zero-order valence-corrected chi connectivity index (χ0v) is 23.6. The van der Waals surface area contributed by atoms with Gasteiger partial charge in [0, 0.05) is 12.5 Å². The first kappa shape index (κ1) is 32.3. The number of aliphatic carboxylic acids is 1. The second-order valence-electron chi connectivity index (χ2n) is 10.4. The Bertz CT molecular complexity index is 1100. The summed E-state index contributed by atoms with van der Waals surface area (Å²) in [5.74, 6) is -2.85. The zero-order chi connectivity index (χ0) is 29.7. The predicted octanol–water partition coefficient (Wildman–Crippen LogP) is 3.00. The number of amides is 3. The second kappa shape index (κ2) is 16.2. The van der Waals surface area contributed by atoms with Crippen LogP contribution in [-0.2, 0) is 32.1 Å². The van der Waals surface area contributed by atoms with Crippen LogP contribution in [0.2, 0.25) is 0 Å². The highest BCUT2D eigenvalue weighted by atomic mass is 16.5. The first-order valence-corrected chi connectivity index (χ1v) is 13.6. The van der Waals surface area contributed by atoms with Crippen LogP contribution in [0.5, 0.6) is 0 Å². The van der Waals surface area contributed by atoms with E-state index in [2.05, 4.69) is 16.0 Å². The highest BCUT2D eigenvalue weighted by molar-refractivity contribution is 5.91. The quantitative estimate of drug-likeness (QED) is 0.226. The van der Waals surface area contributed by atoms with Gasteiger partial charge in [0.05, 0.1) is 6.04 Å². The van der Waals surface area contributed by atoms with Crippen LogP contribution >= 0.6 is 0 Å². The Hall–Kier alpha value is -3.92. The van der Waals surface area contributed by atoms with Gasteiger partial charge in [-0.05, 0) is 29.4 Å². The maximum atomic E-state index is 13.2. The number of hydrogen-bond acceptors (Lipinski definition) is 6. The number of hydrogen-bond donors (Lipinski definition) is 5. The maximum Gasteiger partial charge on any atom is 0.407 e. The minimum Gasteiger partial charge on any atom is -0.480 e. The van der Waals surface area contributed by atoms with E-state index in [4.69, 9.17) is 10.5 Å². The average molecular weight is 555 g/mol. The number of nitrogens with one attached hydrogen (secondary N) is 3. The van der Waals surface area contributed by atoms with Crippen LogP contribution in [0, 0.1) is 11.8 Å². The Morgan fingerprint density at radius 1 is 0.850 bits per heavy atom. The average Bonchev–Trinajstić information content (AvgIpc) is 2.93. The smallest absolute Gasteiger partial charge is 0.407 e. The third kappa shape index (κ3) is 10.7. The highest BCUT2D eigenvalue weighted by Crippen LogP contribution is 2.13. The van der Waals surface area contributed by atoms with Crippen molar-refractivity contribution in [2.75, 3.05) is 0 Å². The molecule has 0 aliphatic rings. The van der Waals surface area contributed by atoms with Crippen LogP contribution in [0.4, 0.5) is 4.79 Å². The van der Waals surface area contributed by atoms with E-state index in [1.54, 1.807) is 20.8 Å². The van der Waals surface area contributed by atoms with Crippen molar-refractivity contribution in [3.05, 3.63) is 71.8 Å². The number of carbonyl (C=O) groups excluding carboxylic acids is 3. The Morgan fingerprint density at radius 2 is 1.43 bits per heavy atom. The van der Waals surface area contributed by atoms with Crippen LogP contribution < -0.4 is 21.7 Å². The maximum absolute atomic E-state index is 13.2. The number of nitrogens with two attached hydrogens (primary N) is 1. The lowest BCUT2D eigenvalue weighted by Crippen LogP contribution is -2.57. The molecule has 0 heterocycles. The van der Waals surface area contributed by atoms with E-state index < -0.39 is 48.0 Å². The fraction of sp³-hybridized carbons (Fsp3) is 0.467. The molecule has 0 aliphatic heterocycles. The molecule has 218 valence electrons. The molecule has 3 amide bonds. The lowest BCUT2D eigenvalue weighted by molar-refractivity contribution is -0.143. The van der Waals surface area contributed by atoms with Crippen LogP contribution in [0.1, 0.15) is 51.7 Å². The third-order valence-electron chi connectivity index (χ3n) is 6.79. The topological polar surface area (TPSA) is 160 Å². The van der Waals surface area contributed by atoms with E-state index in [1.165, 1.54) is 0 Å². The van der Waals surface area contributed by atoms with E-state index >= 15 is 0 Å². The van der Waals surface area contributed by atoms with Crippen LogP contribution in [0.3, 0.4) is 0 Å². The SMILES string of the molecule is CC[C@H](C)[C@H](NC(=O)C[C@H](NC(=O)OCc1ccccc1)[C@@H](N)Cc1ccccc1)C(=O)N[C@H](C(=O)O)C(C)C. The van der Waals surface area contributed by atoms with Gasteiger partial charge in [-0.25, -0.2) is 9.59 Å². The number of rotatable bonds is 15. The molecule has 2 aromatic carbocycles. The number of carboxylic acid groups (broad SMARTS) is 1. The molecule has 6 N–H and O–H groups in total. The van der Waals surface area contributed by atoms with E-state index in [9.17, 15) is 24.3 Å². The molecule has 0 bridgehead atoms. The molecule has 10 heteroatoms. The second-order valence-corrected chi connectivity index (χ2v) is 10.4. The summed E-state index contributed by atoms with van der Waals surface area (Å²) in [5.41, 5.74) is 8.21. The summed E-state index contributed by atoms with van der Waals surface area (Å²) < 4.78 is 5.35. The molecule has 0 aliphatic carbocycles. The van der Waals surface area contributed by atoms with Gasteiger partial charge in [0.15, 0.2) is 0 Å². The molecular weight excluding hydrogens is 512 g/mol. The summed E-state index contributed by atoms with van der Waals surface area (Å²) in [5, 5.41) is 17.5.